The van der Waals surface area contributed by atoms with Gasteiger partial charge in [0.05, 0.1) is 39.6 Å². The molecule has 3 aliphatic rings. The zero-order valence-corrected chi connectivity index (χ0v) is 18.1. The van der Waals surface area contributed by atoms with Crippen molar-refractivity contribution in [3.63, 3.8) is 0 Å². The summed E-state index contributed by atoms with van der Waals surface area (Å²) < 4.78 is 56.2. The number of alkyl halides is 2. The second kappa shape index (κ2) is 6.83. The van der Waals surface area contributed by atoms with E-state index in [2.05, 4.69) is 9.97 Å². The largest absolute Gasteiger partial charge is 0.495 e. The molecule has 1 aliphatic heterocycles. The highest BCUT2D eigenvalue weighted by molar-refractivity contribution is 7.93. The number of aliphatic hydroxyl groups is 1. The van der Waals surface area contributed by atoms with Gasteiger partial charge in [-0.25, -0.2) is 19.0 Å². The molecule has 7 nitrogen and oxygen atoms in total. The summed E-state index contributed by atoms with van der Waals surface area (Å²) in [4.78, 5) is 10.8. The van der Waals surface area contributed by atoms with Gasteiger partial charge in [0.15, 0.2) is 0 Å². The van der Waals surface area contributed by atoms with Crippen LogP contribution in [0.15, 0.2) is 23.1 Å². The highest BCUT2D eigenvalue weighted by Gasteiger charge is 2.45. The number of halogens is 2. The number of aromatic nitrogens is 2. The quantitative estimate of drug-likeness (QED) is 0.725. The van der Waals surface area contributed by atoms with Crippen molar-refractivity contribution in [1.82, 2.24) is 9.97 Å². The fraction of sp³-hybridized carbons (Fsp3) is 0.524. The van der Waals surface area contributed by atoms with Gasteiger partial charge in [0.25, 0.3) is 5.92 Å². The molecular formula is C21H24F2N4O3S. The summed E-state index contributed by atoms with van der Waals surface area (Å²) in [5.41, 5.74) is 0.970. The smallest absolute Gasteiger partial charge is 0.290 e. The maximum absolute atomic E-state index is 14.6. The van der Waals surface area contributed by atoms with E-state index >= 15 is 0 Å². The molecule has 2 aromatic rings. The van der Waals surface area contributed by atoms with E-state index in [1.807, 2.05) is 0 Å². The number of hydrogen-bond donors (Lipinski definition) is 2. The molecule has 0 bridgehead atoms. The molecule has 3 atom stereocenters. The van der Waals surface area contributed by atoms with Crippen LogP contribution in [0.25, 0.3) is 11.3 Å². The van der Waals surface area contributed by atoms with Crippen molar-refractivity contribution in [3.8, 4) is 17.0 Å². The molecule has 1 unspecified atom stereocenters. The van der Waals surface area contributed by atoms with Gasteiger partial charge in [-0.15, -0.1) is 0 Å². The lowest BCUT2D eigenvalue weighted by Gasteiger charge is -2.43. The lowest BCUT2D eigenvalue weighted by molar-refractivity contribution is -0.00603. The number of aliphatic hydroxyl groups excluding tert-OH is 1. The van der Waals surface area contributed by atoms with E-state index in [1.54, 1.807) is 30.0 Å². The topological polar surface area (TPSA) is 99.4 Å². The van der Waals surface area contributed by atoms with Crippen molar-refractivity contribution >= 4 is 15.7 Å². The Hall–Kier alpha value is -2.33. The van der Waals surface area contributed by atoms with Gasteiger partial charge < -0.3 is 14.7 Å². The minimum absolute atomic E-state index is 0.135. The minimum Gasteiger partial charge on any atom is -0.495 e. The second-order valence-electron chi connectivity index (χ2n) is 8.53. The maximum atomic E-state index is 14.6. The van der Waals surface area contributed by atoms with Gasteiger partial charge >= 0.3 is 0 Å². The van der Waals surface area contributed by atoms with Gasteiger partial charge in [-0.1, -0.05) is 0 Å². The van der Waals surface area contributed by atoms with Crippen molar-refractivity contribution in [2.75, 3.05) is 18.6 Å². The second-order valence-corrected chi connectivity index (χ2v) is 10.8. The first-order valence-corrected chi connectivity index (χ1v) is 12.0. The molecule has 31 heavy (non-hydrogen) atoms. The minimum atomic E-state index is -3.07. The molecule has 166 valence electrons. The first-order valence-electron chi connectivity index (χ1n) is 10.3. The van der Waals surface area contributed by atoms with E-state index < -0.39 is 21.8 Å². The SMILES string of the molecule is COc1ccc(-c2nc(N3C[C@@H](O)[C@@H]3C)nc3c2CCC3(F)F)cc1S(=N)(=O)C1CC1. The summed E-state index contributed by atoms with van der Waals surface area (Å²) in [7, 11) is -1.62. The van der Waals surface area contributed by atoms with E-state index in [-0.39, 0.29) is 47.2 Å². The summed E-state index contributed by atoms with van der Waals surface area (Å²) in [6.45, 7) is 2.07. The van der Waals surface area contributed by atoms with Crippen LogP contribution >= 0.6 is 0 Å². The van der Waals surface area contributed by atoms with Gasteiger partial charge in [0, 0.05) is 29.3 Å². The highest BCUT2D eigenvalue weighted by Crippen LogP contribution is 2.46. The monoisotopic (exact) mass is 450 g/mol. The summed E-state index contributed by atoms with van der Waals surface area (Å²) >= 11 is 0. The van der Waals surface area contributed by atoms with Crippen LogP contribution in [0.1, 0.15) is 37.4 Å². The van der Waals surface area contributed by atoms with Crippen LogP contribution in [0.4, 0.5) is 14.7 Å². The molecule has 2 heterocycles. The zero-order valence-electron chi connectivity index (χ0n) is 17.3. The van der Waals surface area contributed by atoms with Crippen LogP contribution < -0.4 is 9.64 Å². The summed E-state index contributed by atoms with van der Waals surface area (Å²) in [5, 5.41) is 9.65. The van der Waals surface area contributed by atoms with Crippen molar-refractivity contribution in [1.29, 1.82) is 4.78 Å². The number of β-amino-alcohol motifs (C(OH)–C–C–N with tert-alkyl or cyclic N) is 1. The molecular weight excluding hydrogens is 426 g/mol. The van der Waals surface area contributed by atoms with E-state index in [0.717, 1.165) is 12.8 Å². The molecule has 5 rings (SSSR count). The molecule has 1 aromatic heterocycles. The Morgan fingerprint density at radius 2 is 2.06 bits per heavy atom. The average Bonchev–Trinajstić information content (AvgIpc) is 3.57. The summed E-state index contributed by atoms with van der Waals surface area (Å²) in [6, 6.07) is 4.65. The van der Waals surface area contributed by atoms with Crippen LogP contribution in [-0.2, 0) is 22.1 Å². The Bertz CT molecular complexity index is 1170. The molecule has 2 N–H and O–H groups in total. The van der Waals surface area contributed by atoms with Gasteiger partial charge in [0.1, 0.15) is 11.4 Å². The fourth-order valence-corrected chi connectivity index (χ4v) is 6.18. The summed E-state index contributed by atoms with van der Waals surface area (Å²) in [6.07, 6.45) is 0.691. The predicted molar refractivity (Wildman–Crippen MR) is 111 cm³/mol. The molecule has 2 fully saturated rings. The standard InChI is InChI=1S/C21H24F2N4O3S/c1-11-15(28)10-27(11)20-25-18(14-7-8-21(22,23)19(14)26-20)12-3-6-16(30-2)17(9-12)31(24,29)13-4-5-13/h3,6,9,11,13,15,24,28H,4-5,7-8,10H2,1-2H3/t11-,15+,31?/m0/s1. The maximum Gasteiger partial charge on any atom is 0.290 e. The third-order valence-corrected chi connectivity index (χ3v) is 8.86. The predicted octanol–water partition coefficient (Wildman–Crippen LogP) is 3.33. The van der Waals surface area contributed by atoms with E-state index in [1.165, 1.54) is 7.11 Å². The lowest BCUT2D eigenvalue weighted by atomic mass is 10.0. The van der Waals surface area contributed by atoms with E-state index in [4.69, 9.17) is 9.52 Å². The number of nitrogens with zero attached hydrogens (tertiary/aromatic N) is 3. The molecule has 0 spiro atoms. The molecule has 0 amide bonds. The number of hydrogen-bond acceptors (Lipinski definition) is 7. The van der Waals surface area contributed by atoms with Gasteiger partial charge in [-0.3, -0.25) is 0 Å². The van der Waals surface area contributed by atoms with E-state index in [9.17, 15) is 18.1 Å². The van der Waals surface area contributed by atoms with Crippen LogP contribution in [0.5, 0.6) is 5.75 Å². The first-order chi connectivity index (χ1) is 14.6. The Kier molecular flexibility index (Phi) is 4.53. The number of rotatable bonds is 5. The average molecular weight is 451 g/mol. The van der Waals surface area contributed by atoms with Gasteiger partial charge in [0.2, 0.25) is 5.95 Å². The van der Waals surface area contributed by atoms with E-state index in [0.29, 0.717) is 22.6 Å². The van der Waals surface area contributed by atoms with Crippen molar-refractivity contribution in [2.24, 2.45) is 0 Å². The highest BCUT2D eigenvalue weighted by atomic mass is 32.2. The van der Waals surface area contributed by atoms with Crippen LogP contribution in [0.3, 0.4) is 0 Å². The van der Waals surface area contributed by atoms with Crippen LogP contribution in [0.2, 0.25) is 0 Å². The number of methoxy groups -OCH3 is 1. The van der Waals surface area contributed by atoms with Crippen molar-refractivity contribution in [2.45, 2.75) is 60.8 Å². The molecule has 1 aromatic carbocycles. The lowest BCUT2D eigenvalue weighted by Crippen LogP contribution is -2.59. The van der Waals surface area contributed by atoms with Crippen LogP contribution in [0, 0.1) is 4.78 Å². The molecule has 0 radical (unpaired) electrons. The summed E-state index contributed by atoms with van der Waals surface area (Å²) in [5.74, 6) is -2.55. The normalized spacial score (nSPS) is 26.2. The first kappa shape index (κ1) is 20.6. The number of fused-ring (bicyclic) bond motifs is 1. The zero-order chi connectivity index (χ0) is 22.1. The molecule has 1 saturated heterocycles. The number of anilines is 1. The fourth-order valence-electron chi connectivity index (χ4n) is 4.27. The number of benzene rings is 1. The molecule has 2 aliphatic carbocycles. The number of ether oxygens (including phenoxy) is 1. The number of nitrogens with one attached hydrogen (secondary N) is 1. The third kappa shape index (κ3) is 3.18. The third-order valence-electron chi connectivity index (χ3n) is 6.48. The molecule has 10 heteroatoms. The van der Waals surface area contributed by atoms with Gasteiger partial charge in [-0.05, 0) is 44.4 Å². The Balaban J connectivity index is 1.68. The van der Waals surface area contributed by atoms with Gasteiger partial charge in [-0.2, -0.15) is 8.78 Å². The van der Waals surface area contributed by atoms with Crippen LogP contribution in [-0.4, -0.2) is 50.3 Å². The van der Waals surface area contributed by atoms with Crippen molar-refractivity contribution in [3.05, 3.63) is 29.5 Å². The van der Waals surface area contributed by atoms with Crippen molar-refractivity contribution < 1.29 is 22.8 Å². The molecule has 1 saturated carbocycles. The Morgan fingerprint density at radius 3 is 2.68 bits per heavy atom. The Labute approximate surface area is 179 Å². The Morgan fingerprint density at radius 1 is 1.32 bits per heavy atom.